The Labute approximate surface area is 215 Å². The lowest BCUT2D eigenvalue weighted by atomic mass is 9.95. The molecule has 0 amide bonds. The van der Waals surface area contributed by atoms with Crippen molar-refractivity contribution in [3.05, 3.63) is 22.7 Å². The summed E-state index contributed by atoms with van der Waals surface area (Å²) in [6, 6.07) is 1.23. The second kappa shape index (κ2) is 12.4. The third-order valence-electron chi connectivity index (χ3n) is 5.95. The SMILES string of the molecule is C[C@@H]1C(O)C[C@H](C(OP(=O)(O)OC[C@H]2O[C@@H](n3ccc(N)nc3=O)C(O)[C@H]2O)P(=O)(O)O)OC1OCCO. The highest BCUT2D eigenvalue weighted by molar-refractivity contribution is 7.54. The van der Waals surface area contributed by atoms with Crippen LogP contribution in [0, 0.1) is 5.92 Å². The zero-order valence-electron chi connectivity index (χ0n) is 19.9. The van der Waals surface area contributed by atoms with Crippen LogP contribution in [0.2, 0.25) is 0 Å². The van der Waals surface area contributed by atoms with E-state index in [-0.39, 0.29) is 12.4 Å². The Morgan fingerprint density at radius 2 is 1.89 bits per heavy atom. The normalized spacial score (nSPS) is 34.6. The Kier molecular flexibility index (Phi) is 10.2. The van der Waals surface area contributed by atoms with Gasteiger partial charge in [0.1, 0.15) is 30.2 Å². The number of hydrogen-bond acceptors (Lipinski definition) is 14. The van der Waals surface area contributed by atoms with Crippen LogP contribution in [0.15, 0.2) is 17.1 Å². The van der Waals surface area contributed by atoms with E-state index in [0.29, 0.717) is 0 Å². The van der Waals surface area contributed by atoms with Crippen LogP contribution in [0.25, 0.3) is 0 Å². The van der Waals surface area contributed by atoms with Gasteiger partial charge < -0.3 is 55.1 Å². The van der Waals surface area contributed by atoms with Gasteiger partial charge in [0.25, 0.3) is 0 Å². The van der Waals surface area contributed by atoms with Crippen molar-refractivity contribution in [1.82, 2.24) is 9.55 Å². The van der Waals surface area contributed by atoms with Crippen LogP contribution < -0.4 is 11.4 Å². The molecule has 18 nitrogen and oxygen atoms in total. The molecule has 2 aliphatic heterocycles. The summed E-state index contributed by atoms with van der Waals surface area (Å²) >= 11 is 0. The lowest BCUT2D eigenvalue weighted by Gasteiger charge is -2.40. The van der Waals surface area contributed by atoms with Crippen LogP contribution in [0.5, 0.6) is 0 Å². The molecule has 0 aliphatic carbocycles. The van der Waals surface area contributed by atoms with Crippen molar-refractivity contribution >= 4 is 21.2 Å². The number of nitrogens with zero attached hydrogens (tertiary/aromatic N) is 2. The van der Waals surface area contributed by atoms with Gasteiger partial charge in [-0.2, -0.15) is 4.98 Å². The molecule has 0 saturated carbocycles. The summed E-state index contributed by atoms with van der Waals surface area (Å²) < 4.78 is 51.1. The van der Waals surface area contributed by atoms with Gasteiger partial charge in [0.05, 0.1) is 25.9 Å². The molecular weight excluding hydrogens is 560 g/mol. The average molecular weight is 591 g/mol. The molecule has 2 aliphatic rings. The highest BCUT2D eigenvalue weighted by atomic mass is 31.2. The van der Waals surface area contributed by atoms with Crippen LogP contribution in [0.3, 0.4) is 0 Å². The van der Waals surface area contributed by atoms with E-state index in [9.17, 15) is 43.9 Å². The smallest absolute Gasteiger partial charge is 0.394 e. The van der Waals surface area contributed by atoms with Crippen molar-refractivity contribution < 1.29 is 67.5 Å². The maximum atomic E-state index is 12.6. The number of nitrogen functional groups attached to an aromatic ring is 1. The largest absolute Gasteiger partial charge is 0.473 e. The lowest BCUT2D eigenvalue weighted by Crippen LogP contribution is -2.49. The maximum absolute atomic E-state index is 12.6. The quantitative estimate of drug-likeness (QED) is 0.121. The Hall–Kier alpha value is -1.34. The fourth-order valence-corrected chi connectivity index (χ4v) is 6.20. The maximum Gasteiger partial charge on any atom is 0.473 e. The van der Waals surface area contributed by atoms with E-state index in [2.05, 4.69) is 4.98 Å². The molecule has 0 aromatic carbocycles. The van der Waals surface area contributed by atoms with Crippen molar-refractivity contribution in [1.29, 1.82) is 0 Å². The second-order valence-electron chi connectivity index (χ2n) is 8.74. The predicted octanol–water partition coefficient (Wildman–Crippen LogP) is -2.80. The van der Waals surface area contributed by atoms with E-state index in [1.165, 1.54) is 13.0 Å². The van der Waals surface area contributed by atoms with Crippen molar-refractivity contribution in [2.45, 2.75) is 62.2 Å². The minimum absolute atomic E-state index is 0.104. The molecule has 5 unspecified atom stereocenters. The number of aliphatic hydroxyl groups is 4. The van der Waals surface area contributed by atoms with Gasteiger partial charge in [-0.15, -0.1) is 0 Å². The summed E-state index contributed by atoms with van der Waals surface area (Å²) in [5.74, 6) is -3.16. The third kappa shape index (κ3) is 7.44. The summed E-state index contributed by atoms with van der Waals surface area (Å²) in [6.07, 6.45) is -9.67. The van der Waals surface area contributed by atoms with Crippen molar-refractivity contribution in [2.24, 2.45) is 5.92 Å². The molecule has 3 rings (SSSR count). The van der Waals surface area contributed by atoms with Crippen LogP contribution in [0.1, 0.15) is 19.6 Å². The number of rotatable bonds is 11. The number of ether oxygens (including phenoxy) is 3. The molecule has 1 aromatic heterocycles. The van der Waals surface area contributed by atoms with Crippen LogP contribution >= 0.6 is 15.4 Å². The van der Waals surface area contributed by atoms with Crippen molar-refractivity contribution in [3.63, 3.8) is 0 Å². The first-order chi connectivity index (χ1) is 17.6. The van der Waals surface area contributed by atoms with Gasteiger partial charge in [-0.25, -0.2) is 9.36 Å². The van der Waals surface area contributed by atoms with Crippen LogP contribution in [-0.2, 0) is 32.4 Å². The van der Waals surface area contributed by atoms with Gasteiger partial charge >= 0.3 is 21.1 Å². The van der Waals surface area contributed by atoms with Crippen molar-refractivity contribution in [3.8, 4) is 0 Å². The first-order valence-corrected chi connectivity index (χ1v) is 14.5. The fourth-order valence-electron chi connectivity index (χ4n) is 3.93. The summed E-state index contributed by atoms with van der Waals surface area (Å²) in [5, 5.41) is 39.8. The number of phosphoric acid groups is 1. The van der Waals surface area contributed by atoms with Gasteiger partial charge in [0, 0.05) is 18.5 Å². The van der Waals surface area contributed by atoms with Crippen LogP contribution in [0.4, 0.5) is 5.82 Å². The molecule has 0 bridgehead atoms. The average Bonchev–Trinajstić information content (AvgIpc) is 3.10. The minimum atomic E-state index is -5.32. The number of phosphoric ester groups is 1. The number of hydrogen-bond donors (Lipinski definition) is 8. The Morgan fingerprint density at radius 3 is 2.50 bits per heavy atom. The number of nitrogens with two attached hydrogens (primary N) is 1. The monoisotopic (exact) mass is 591 g/mol. The van der Waals surface area contributed by atoms with Gasteiger partial charge in [0.15, 0.2) is 18.4 Å². The Bertz CT molecular complexity index is 1100. The molecule has 20 heteroatoms. The highest BCUT2D eigenvalue weighted by Crippen LogP contribution is 2.56. The molecule has 0 radical (unpaired) electrons. The molecule has 38 heavy (non-hydrogen) atoms. The van der Waals surface area contributed by atoms with E-state index in [4.69, 9.17) is 34.1 Å². The van der Waals surface area contributed by atoms with E-state index in [1.54, 1.807) is 0 Å². The number of aliphatic hydroxyl groups excluding tert-OH is 4. The predicted molar refractivity (Wildman–Crippen MR) is 123 cm³/mol. The number of anilines is 1. The van der Waals surface area contributed by atoms with E-state index < -0.39 is 95.5 Å². The molecule has 2 saturated heterocycles. The molecule has 1 aromatic rings. The lowest BCUT2D eigenvalue weighted by molar-refractivity contribution is -0.254. The summed E-state index contributed by atoms with van der Waals surface area (Å²) in [7, 11) is -10.6. The number of aromatic nitrogens is 2. The zero-order valence-corrected chi connectivity index (χ0v) is 21.7. The molecule has 3 heterocycles. The van der Waals surface area contributed by atoms with Crippen LogP contribution in [-0.4, -0.2) is 107 Å². The molecule has 2 fully saturated rings. The van der Waals surface area contributed by atoms with Gasteiger partial charge in [-0.05, 0) is 6.07 Å². The molecule has 10 atom stereocenters. The first kappa shape index (κ1) is 31.2. The van der Waals surface area contributed by atoms with Gasteiger partial charge in [-0.1, -0.05) is 6.92 Å². The van der Waals surface area contributed by atoms with E-state index >= 15 is 0 Å². The molecule has 0 spiro atoms. The molecule has 9 N–H and O–H groups in total. The first-order valence-electron chi connectivity index (χ1n) is 11.3. The summed E-state index contributed by atoms with van der Waals surface area (Å²) in [4.78, 5) is 45.2. The topological polar surface area (TPSA) is 283 Å². The minimum Gasteiger partial charge on any atom is -0.394 e. The molecule has 218 valence electrons. The Morgan fingerprint density at radius 1 is 1.21 bits per heavy atom. The highest BCUT2D eigenvalue weighted by Gasteiger charge is 2.50. The van der Waals surface area contributed by atoms with E-state index in [0.717, 1.165) is 10.8 Å². The van der Waals surface area contributed by atoms with Crippen molar-refractivity contribution in [2.75, 3.05) is 25.6 Å². The van der Waals surface area contributed by atoms with Gasteiger partial charge in [0.2, 0.25) is 0 Å². The fraction of sp³-hybridized carbons (Fsp3) is 0.778. The van der Waals surface area contributed by atoms with Gasteiger partial charge in [-0.3, -0.25) is 18.2 Å². The molecular formula is C18H31N3O15P2. The zero-order chi connectivity index (χ0) is 28.4. The standard InChI is InChI=1S/C18H31N3O15P2/c1-8-9(23)6-10(35-16(8)32-5-4-22)17(37(27,28)29)36-38(30,31)33-7-11-13(24)14(25)15(34-11)21-3-2-12(19)20-18(21)26/h2-3,8-11,13-17,22-25H,4-7H2,1H3,(H,30,31)(H2,19,20,26)(H2,27,28,29)/t8-,9?,10-,11-,13+,14?,15-,16?,17?/m1/s1. The summed E-state index contributed by atoms with van der Waals surface area (Å²) in [6.45, 7) is -0.00737. The summed E-state index contributed by atoms with van der Waals surface area (Å²) in [5.41, 5.74) is 4.50. The van der Waals surface area contributed by atoms with E-state index in [1.807, 2.05) is 0 Å². The third-order valence-corrected chi connectivity index (χ3v) is 8.18. The second-order valence-corrected chi connectivity index (χ2v) is 11.8. The Balaban J connectivity index is 1.69.